The molecule has 10 heteroatoms. The molecule has 0 rings (SSSR count). The third-order valence-electron chi connectivity index (χ3n) is 4.65. The van der Waals surface area contributed by atoms with Crippen LogP contribution >= 0.6 is 0 Å². The number of hydrogen-bond acceptors (Lipinski definition) is 5. The highest BCUT2D eigenvalue weighted by atomic mass is 16.4. The van der Waals surface area contributed by atoms with E-state index in [1.54, 1.807) is 6.92 Å². The minimum atomic E-state index is -1.94. The Balaban J connectivity index is 5.32. The zero-order valence-electron chi connectivity index (χ0n) is 15.1. The molecule has 0 radical (unpaired) electrons. The predicted octanol–water partition coefficient (Wildman–Crippen LogP) is 1.77. The second-order valence-corrected chi connectivity index (χ2v) is 6.68. The van der Waals surface area contributed by atoms with Crippen molar-refractivity contribution in [3.8, 4) is 0 Å². The highest BCUT2D eigenvalue weighted by molar-refractivity contribution is 5.83. The fraction of sp³-hybridized carbons (Fsp3) is 0.706. The number of carboxylic acid groups (broad SMARTS) is 5. The highest BCUT2D eigenvalue weighted by Gasteiger charge is 2.44. The Morgan fingerprint density at radius 1 is 0.815 bits per heavy atom. The van der Waals surface area contributed by atoms with Crippen molar-refractivity contribution >= 4 is 29.8 Å². The normalized spacial score (nSPS) is 15.3. The predicted molar refractivity (Wildman–Crippen MR) is 90.2 cm³/mol. The van der Waals surface area contributed by atoms with Crippen LogP contribution in [0.15, 0.2) is 0 Å². The van der Waals surface area contributed by atoms with Crippen LogP contribution in [0.25, 0.3) is 0 Å². The molecule has 3 atom stereocenters. The summed E-state index contributed by atoms with van der Waals surface area (Å²) in [5.74, 6) is -8.99. The lowest BCUT2D eigenvalue weighted by molar-refractivity contribution is -0.161. The van der Waals surface area contributed by atoms with E-state index in [1.165, 1.54) is 0 Å². The van der Waals surface area contributed by atoms with Crippen LogP contribution in [0.2, 0.25) is 0 Å². The maximum Gasteiger partial charge on any atom is 0.310 e. The van der Waals surface area contributed by atoms with Gasteiger partial charge in [-0.25, -0.2) is 0 Å². The minimum Gasteiger partial charge on any atom is -0.481 e. The third kappa shape index (κ3) is 8.52. The van der Waals surface area contributed by atoms with Gasteiger partial charge in [0.05, 0.1) is 30.1 Å². The van der Waals surface area contributed by atoms with Crippen LogP contribution in [0, 0.1) is 17.3 Å². The van der Waals surface area contributed by atoms with Crippen LogP contribution in [0.1, 0.15) is 58.3 Å². The largest absolute Gasteiger partial charge is 0.481 e. The molecule has 0 aromatic carbocycles. The molecule has 0 aromatic heterocycles. The monoisotopic (exact) mass is 390 g/mol. The molecule has 10 nitrogen and oxygen atoms in total. The molecule has 0 spiro atoms. The maximum absolute atomic E-state index is 11.8. The van der Waals surface area contributed by atoms with Gasteiger partial charge in [0, 0.05) is 0 Å². The molecule has 0 aliphatic rings. The summed E-state index contributed by atoms with van der Waals surface area (Å²) in [6.45, 7) is 1.70. The van der Waals surface area contributed by atoms with Crippen molar-refractivity contribution in [3.05, 3.63) is 0 Å². The summed E-state index contributed by atoms with van der Waals surface area (Å²) >= 11 is 0. The van der Waals surface area contributed by atoms with Gasteiger partial charge in [0.15, 0.2) is 0 Å². The number of carbonyl (C=O) groups is 5. The first-order chi connectivity index (χ1) is 12.4. The quantitative estimate of drug-likeness (QED) is 0.258. The number of aliphatic carboxylic acids is 5. The standard InChI is InChI=1S/C17H26O10/c1-2-10(14(22)23)5-3-4-6-17(16(26)27,9-13(20)21)8-11(15(24)25)7-12(18)19/h10-11H,2-9H2,1H3,(H,18,19)(H,20,21)(H,22,23)(H,24,25)(H,26,27). The van der Waals surface area contributed by atoms with Crippen molar-refractivity contribution in [1.82, 2.24) is 0 Å². The molecule has 0 heterocycles. The van der Waals surface area contributed by atoms with Crippen molar-refractivity contribution in [1.29, 1.82) is 0 Å². The number of unbranched alkanes of at least 4 members (excludes halogenated alkanes) is 1. The molecule has 27 heavy (non-hydrogen) atoms. The Morgan fingerprint density at radius 3 is 1.74 bits per heavy atom. The second-order valence-electron chi connectivity index (χ2n) is 6.68. The molecular weight excluding hydrogens is 364 g/mol. The summed E-state index contributed by atoms with van der Waals surface area (Å²) in [7, 11) is 0. The fourth-order valence-electron chi connectivity index (χ4n) is 3.11. The number of carboxylic acids is 5. The van der Waals surface area contributed by atoms with Crippen LogP contribution in [0.5, 0.6) is 0 Å². The van der Waals surface area contributed by atoms with E-state index in [1.807, 2.05) is 0 Å². The lowest BCUT2D eigenvalue weighted by atomic mass is 9.72. The summed E-state index contributed by atoms with van der Waals surface area (Å²) < 4.78 is 0. The lowest BCUT2D eigenvalue weighted by Crippen LogP contribution is -2.38. The van der Waals surface area contributed by atoms with Crippen molar-refractivity contribution < 1.29 is 49.5 Å². The van der Waals surface area contributed by atoms with Gasteiger partial charge in [0.2, 0.25) is 0 Å². The van der Waals surface area contributed by atoms with Gasteiger partial charge in [-0.1, -0.05) is 19.8 Å². The molecule has 0 saturated heterocycles. The maximum atomic E-state index is 11.8. The molecule has 3 unspecified atom stereocenters. The van der Waals surface area contributed by atoms with Gasteiger partial charge in [-0.15, -0.1) is 0 Å². The van der Waals surface area contributed by atoms with E-state index in [0.29, 0.717) is 12.8 Å². The third-order valence-corrected chi connectivity index (χ3v) is 4.65. The smallest absolute Gasteiger partial charge is 0.310 e. The minimum absolute atomic E-state index is 0.183. The van der Waals surface area contributed by atoms with Crippen molar-refractivity contribution in [2.75, 3.05) is 0 Å². The average molecular weight is 390 g/mol. The SMILES string of the molecule is CCC(CCCCC(CC(=O)O)(CC(CC(=O)O)C(=O)O)C(=O)O)C(=O)O. The van der Waals surface area contributed by atoms with E-state index in [-0.39, 0.29) is 19.3 Å². The van der Waals surface area contributed by atoms with Crippen molar-refractivity contribution in [2.45, 2.75) is 58.3 Å². The second kappa shape index (κ2) is 11.1. The summed E-state index contributed by atoms with van der Waals surface area (Å²) in [5, 5.41) is 45.7. The van der Waals surface area contributed by atoms with E-state index in [9.17, 15) is 29.1 Å². The first-order valence-electron chi connectivity index (χ1n) is 8.57. The topological polar surface area (TPSA) is 186 Å². The molecule has 5 N–H and O–H groups in total. The molecule has 0 fully saturated rings. The van der Waals surface area contributed by atoms with E-state index in [4.69, 9.17) is 20.4 Å². The van der Waals surface area contributed by atoms with Crippen molar-refractivity contribution in [3.63, 3.8) is 0 Å². The first kappa shape index (κ1) is 24.4. The Hall–Kier alpha value is -2.65. The van der Waals surface area contributed by atoms with Gasteiger partial charge in [0.1, 0.15) is 0 Å². The fourth-order valence-corrected chi connectivity index (χ4v) is 3.11. The van der Waals surface area contributed by atoms with Gasteiger partial charge in [-0.05, 0) is 25.7 Å². The molecule has 0 aromatic rings. The average Bonchev–Trinajstić information content (AvgIpc) is 2.52. The van der Waals surface area contributed by atoms with Crippen LogP contribution in [0.4, 0.5) is 0 Å². The molecule has 0 bridgehead atoms. The van der Waals surface area contributed by atoms with Crippen molar-refractivity contribution in [2.24, 2.45) is 17.3 Å². The Bertz CT molecular complexity index is 570. The van der Waals surface area contributed by atoms with Crippen LogP contribution < -0.4 is 0 Å². The van der Waals surface area contributed by atoms with Gasteiger partial charge >= 0.3 is 29.8 Å². The molecular formula is C17H26O10. The van der Waals surface area contributed by atoms with Gasteiger partial charge < -0.3 is 25.5 Å². The lowest BCUT2D eigenvalue weighted by Gasteiger charge is -2.30. The van der Waals surface area contributed by atoms with E-state index >= 15 is 0 Å². The molecule has 154 valence electrons. The molecule has 0 amide bonds. The van der Waals surface area contributed by atoms with Crippen LogP contribution in [0.3, 0.4) is 0 Å². The summed E-state index contributed by atoms with van der Waals surface area (Å²) in [6.07, 6.45) is -1.29. The van der Waals surface area contributed by atoms with E-state index < -0.39 is 66.4 Å². The zero-order chi connectivity index (χ0) is 21.2. The van der Waals surface area contributed by atoms with Gasteiger partial charge in [-0.3, -0.25) is 24.0 Å². The molecule has 0 aliphatic carbocycles. The van der Waals surface area contributed by atoms with E-state index in [2.05, 4.69) is 0 Å². The Kier molecular flexibility index (Phi) is 10.1. The molecule has 0 aliphatic heterocycles. The Morgan fingerprint density at radius 2 is 1.37 bits per heavy atom. The van der Waals surface area contributed by atoms with Crippen LogP contribution in [-0.4, -0.2) is 55.4 Å². The highest BCUT2D eigenvalue weighted by Crippen LogP contribution is 2.38. The number of rotatable bonds is 15. The summed E-state index contributed by atoms with van der Waals surface area (Å²) in [4.78, 5) is 56.1. The summed E-state index contributed by atoms with van der Waals surface area (Å²) in [6, 6.07) is 0. The van der Waals surface area contributed by atoms with Gasteiger partial charge in [0.25, 0.3) is 0 Å². The van der Waals surface area contributed by atoms with Gasteiger partial charge in [-0.2, -0.15) is 0 Å². The molecule has 0 saturated carbocycles. The number of hydrogen-bond donors (Lipinski definition) is 5. The van der Waals surface area contributed by atoms with E-state index in [0.717, 1.165) is 0 Å². The first-order valence-corrected chi connectivity index (χ1v) is 8.57. The van der Waals surface area contributed by atoms with Crippen LogP contribution in [-0.2, 0) is 24.0 Å². The zero-order valence-corrected chi connectivity index (χ0v) is 15.1. The summed E-state index contributed by atoms with van der Waals surface area (Å²) in [5.41, 5.74) is -1.94. The Labute approximate surface area is 155 Å².